The molecular formula is C22H31FO2S2. The van der Waals surface area contributed by atoms with Crippen molar-refractivity contribution in [2.24, 2.45) is 22.7 Å². The molecule has 4 aliphatic rings. The normalized spacial score (nSPS) is 47.1. The van der Waals surface area contributed by atoms with Crippen LogP contribution < -0.4 is 0 Å². The molecule has 0 aromatic rings. The number of aliphatic hydroxyl groups is 1. The Bertz CT molecular complexity index is 688. The molecule has 0 aromatic heterocycles. The molecule has 7 atom stereocenters. The third-order valence-corrected chi connectivity index (χ3v) is 11.4. The summed E-state index contributed by atoms with van der Waals surface area (Å²) in [6.45, 7) is 4.60. The number of carbonyl (C=O) groups excluding carboxylic acids is 1. The first-order chi connectivity index (χ1) is 12.8. The molecule has 0 radical (unpaired) electrons. The van der Waals surface area contributed by atoms with Crippen LogP contribution in [0.2, 0.25) is 0 Å². The highest BCUT2D eigenvalue weighted by Gasteiger charge is 2.66. The van der Waals surface area contributed by atoms with Gasteiger partial charge in [-0.25, -0.2) is 4.39 Å². The van der Waals surface area contributed by atoms with Gasteiger partial charge in [0.25, 0.3) is 0 Å². The van der Waals surface area contributed by atoms with Crippen molar-refractivity contribution in [1.82, 2.24) is 0 Å². The van der Waals surface area contributed by atoms with E-state index in [0.29, 0.717) is 17.6 Å². The summed E-state index contributed by atoms with van der Waals surface area (Å²) in [6, 6.07) is 0. The van der Waals surface area contributed by atoms with Crippen LogP contribution in [-0.4, -0.2) is 39.3 Å². The lowest BCUT2D eigenvalue weighted by atomic mass is 9.47. The van der Waals surface area contributed by atoms with Gasteiger partial charge in [-0.05, 0) is 81.1 Å². The first-order valence-electron chi connectivity index (χ1n) is 10.2. The zero-order valence-electron chi connectivity index (χ0n) is 16.5. The van der Waals surface area contributed by atoms with Crippen LogP contribution in [0.1, 0.15) is 52.4 Å². The third kappa shape index (κ3) is 2.82. The number of hydrogen-bond donors (Lipinski definition) is 1. The molecule has 0 amide bonds. The number of fused-ring (bicyclic) bond motifs is 5. The second kappa shape index (κ2) is 6.91. The molecule has 0 bridgehead atoms. The van der Waals surface area contributed by atoms with Crippen molar-refractivity contribution < 1.29 is 14.3 Å². The van der Waals surface area contributed by atoms with Gasteiger partial charge in [0.2, 0.25) is 0 Å². The van der Waals surface area contributed by atoms with Gasteiger partial charge in [-0.1, -0.05) is 18.6 Å². The number of rotatable bonds is 4. The van der Waals surface area contributed by atoms with Gasteiger partial charge in [-0.3, -0.25) is 4.79 Å². The maximum absolute atomic E-state index is 16.7. The third-order valence-electron chi connectivity index (χ3n) is 8.30. The van der Waals surface area contributed by atoms with Crippen LogP contribution in [0.3, 0.4) is 0 Å². The van der Waals surface area contributed by atoms with Crippen molar-refractivity contribution >= 4 is 29.3 Å². The van der Waals surface area contributed by atoms with E-state index in [0.717, 1.165) is 37.7 Å². The van der Waals surface area contributed by atoms with Gasteiger partial charge in [0.05, 0.1) is 11.2 Å². The van der Waals surface area contributed by atoms with Crippen molar-refractivity contribution in [3.63, 3.8) is 0 Å². The van der Waals surface area contributed by atoms with E-state index in [1.807, 2.05) is 24.8 Å². The summed E-state index contributed by atoms with van der Waals surface area (Å²) >= 11 is 3.64. The highest BCUT2D eigenvalue weighted by atomic mass is 32.2. The maximum Gasteiger partial charge on any atom is 0.178 e. The van der Waals surface area contributed by atoms with Crippen molar-refractivity contribution in [3.8, 4) is 0 Å². The quantitative estimate of drug-likeness (QED) is 0.649. The van der Waals surface area contributed by atoms with Gasteiger partial charge in [0.1, 0.15) is 5.67 Å². The van der Waals surface area contributed by atoms with Gasteiger partial charge in [-0.2, -0.15) is 0 Å². The van der Waals surface area contributed by atoms with Crippen molar-refractivity contribution in [3.05, 3.63) is 23.8 Å². The molecular weight excluding hydrogens is 379 g/mol. The van der Waals surface area contributed by atoms with Gasteiger partial charge < -0.3 is 5.11 Å². The monoisotopic (exact) mass is 410 g/mol. The van der Waals surface area contributed by atoms with Gasteiger partial charge in [-0.15, -0.1) is 23.5 Å². The maximum atomic E-state index is 16.7. The summed E-state index contributed by atoms with van der Waals surface area (Å²) in [4.78, 5) is 11.8. The molecule has 150 valence electrons. The fourth-order valence-electron chi connectivity index (χ4n) is 6.62. The van der Waals surface area contributed by atoms with Crippen molar-refractivity contribution in [2.45, 2.75) is 67.9 Å². The SMILES string of the molecule is CSC(CO)S[C@H]1CC[C@H]2[C@@H]3CCC4=CC(=O)C=C[C@]4(C)C3(F)CC[C@]12C. The number of alkyl halides is 1. The molecule has 2 unspecified atom stereocenters. The summed E-state index contributed by atoms with van der Waals surface area (Å²) in [7, 11) is 0. The predicted octanol–water partition coefficient (Wildman–Crippen LogP) is 5.17. The highest BCUT2D eigenvalue weighted by Crippen LogP contribution is 2.69. The Kier molecular flexibility index (Phi) is 5.13. The van der Waals surface area contributed by atoms with E-state index < -0.39 is 11.1 Å². The van der Waals surface area contributed by atoms with Crippen LogP contribution in [0.25, 0.3) is 0 Å². The van der Waals surface area contributed by atoms with E-state index in [1.165, 1.54) is 0 Å². The zero-order chi connectivity index (χ0) is 19.4. The Morgan fingerprint density at radius 1 is 1.26 bits per heavy atom. The molecule has 1 N–H and O–H groups in total. The van der Waals surface area contributed by atoms with Gasteiger partial charge >= 0.3 is 0 Å². The number of hydrogen-bond acceptors (Lipinski definition) is 4. The van der Waals surface area contributed by atoms with E-state index in [4.69, 9.17) is 0 Å². The fraction of sp³-hybridized carbons (Fsp3) is 0.773. The lowest BCUT2D eigenvalue weighted by Gasteiger charge is -2.60. The minimum Gasteiger partial charge on any atom is -0.394 e. The molecule has 0 saturated heterocycles. The predicted molar refractivity (Wildman–Crippen MR) is 113 cm³/mol. The van der Waals surface area contributed by atoms with E-state index in [9.17, 15) is 9.90 Å². The Morgan fingerprint density at radius 3 is 2.74 bits per heavy atom. The molecule has 2 nitrogen and oxygen atoms in total. The molecule has 0 spiro atoms. The second-order valence-corrected chi connectivity index (χ2v) is 12.0. The molecule has 0 heterocycles. The van der Waals surface area contributed by atoms with E-state index in [-0.39, 0.29) is 28.3 Å². The number of thioether (sulfide) groups is 2. The minimum atomic E-state index is -1.24. The largest absolute Gasteiger partial charge is 0.394 e. The molecule has 27 heavy (non-hydrogen) atoms. The Morgan fingerprint density at radius 2 is 2.04 bits per heavy atom. The standard InChI is InChI=1S/C22H31FO2S2/c1-20-10-11-22(23)17(5-4-14-12-15(25)8-9-21(14,22)2)16(20)6-7-18(20)27-19(13-24)26-3/h8-9,12,16-19,24H,4-7,10-11,13H2,1-3H3/t16-,17-,18-,19?,20-,21-,22?/m0/s1. The van der Waals surface area contributed by atoms with Crippen LogP contribution >= 0.6 is 23.5 Å². The molecule has 0 aliphatic heterocycles. The van der Waals surface area contributed by atoms with Crippen LogP contribution in [0, 0.1) is 22.7 Å². The van der Waals surface area contributed by atoms with Crippen LogP contribution in [0.5, 0.6) is 0 Å². The Labute approximate surface area is 170 Å². The summed E-state index contributed by atoms with van der Waals surface area (Å²) in [5, 5.41) is 10.1. The Hall–Kier alpha value is -0.260. The second-order valence-electron chi connectivity index (χ2n) is 9.28. The summed E-state index contributed by atoms with van der Waals surface area (Å²) in [6.07, 6.45) is 12.6. The molecule has 4 rings (SSSR count). The first-order valence-corrected chi connectivity index (χ1v) is 12.4. The number of carbonyl (C=O) groups is 1. The van der Waals surface area contributed by atoms with E-state index in [1.54, 1.807) is 23.9 Å². The van der Waals surface area contributed by atoms with Crippen LogP contribution in [0.4, 0.5) is 4.39 Å². The highest BCUT2D eigenvalue weighted by molar-refractivity contribution is 8.17. The van der Waals surface area contributed by atoms with Gasteiger partial charge in [0.15, 0.2) is 5.78 Å². The lowest BCUT2D eigenvalue weighted by molar-refractivity contribution is -0.120. The average molecular weight is 411 g/mol. The van der Waals surface area contributed by atoms with E-state index in [2.05, 4.69) is 13.2 Å². The van der Waals surface area contributed by atoms with Gasteiger partial charge in [0, 0.05) is 10.7 Å². The van der Waals surface area contributed by atoms with Crippen molar-refractivity contribution in [1.29, 1.82) is 0 Å². The molecule has 5 heteroatoms. The average Bonchev–Trinajstić information content (AvgIpc) is 2.97. The topological polar surface area (TPSA) is 37.3 Å². The first kappa shape index (κ1) is 20.0. The summed E-state index contributed by atoms with van der Waals surface area (Å²) in [5.74, 6) is 0.484. The molecule has 3 fully saturated rings. The Balaban J connectivity index is 1.63. The number of allylic oxidation sites excluding steroid dienone is 4. The molecule has 3 saturated carbocycles. The van der Waals surface area contributed by atoms with Crippen molar-refractivity contribution in [2.75, 3.05) is 12.9 Å². The summed E-state index contributed by atoms with van der Waals surface area (Å²) < 4.78 is 17.0. The zero-order valence-corrected chi connectivity index (χ0v) is 18.2. The van der Waals surface area contributed by atoms with Crippen LogP contribution in [-0.2, 0) is 4.79 Å². The smallest absolute Gasteiger partial charge is 0.178 e. The summed E-state index contributed by atoms with van der Waals surface area (Å²) in [5.41, 5.74) is -0.708. The number of halogens is 1. The minimum absolute atomic E-state index is 0.00890. The van der Waals surface area contributed by atoms with E-state index >= 15 is 4.39 Å². The van der Waals surface area contributed by atoms with Crippen LogP contribution in [0.15, 0.2) is 23.8 Å². The number of ketones is 1. The lowest BCUT2D eigenvalue weighted by Crippen LogP contribution is -2.60. The molecule has 0 aromatic carbocycles. The fourth-order valence-corrected chi connectivity index (χ4v) is 8.94. The number of aliphatic hydroxyl groups excluding tert-OH is 1. The molecule has 4 aliphatic carbocycles.